The average Bonchev–Trinajstić information content (AvgIpc) is 2.35. The molecular formula is C14H16BrFN4. The summed E-state index contributed by atoms with van der Waals surface area (Å²) in [4.78, 5) is 8.62. The summed E-state index contributed by atoms with van der Waals surface area (Å²) < 4.78 is 14.1. The highest BCUT2D eigenvalue weighted by atomic mass is 79.9. The number of hydrogen-bond donors (Lipinski definition) is 2. The van der Waals surface area contributed by atoms with E-state index in [0.717, 1.165) is 17.8 Å². The van der Waals surface area contributed by atoms with Gasteiger partial charge < -0.3 is 10.6 Å². The molecule has 4 nitrogen and oxygen atoms in total. The van der Waals surface area contributed by atoms with Gasteiger partial charge in [0.25, 0.3) is 0 Å². The van der Waals surface area contributed by atoms with Crippen molar-refractivity contribution in [1.29, 1.82) is 0 Å². The monoisotopic (exact) mass is 338 g/mol. The number of aryl methyl sites for hydroxylation is 2. The molecule has 0 aliphatic rings. The van der Waals surface area contributed by atoms with Crippen LogP contribution in [0.1, 0.15) is 18.2 Å². The topological polar surface area (TPSA) is 49.8 Å². The van der Waals surface area contributed by atoms with E-state index in [1.54, 1.807) is 6.07 Å². The Balaban J connectivity index is 2.32. The second-order valence-electron chi connectivity index (χ2n) is 4.45. The van der Waals surface area contributed by atoms with Gasteiger partial charge in [-0.05, 0) is 54.4 Å². The minimum absolute atomic E-state index is 0.309. The first kappa shape index (κ1) is 14.7. The third-order valence-corrected chi connectivity index (χ3v) is 3.33. The van der Waals surface area contributed by atoms with Crippen LogP contribution in [-0.2, 0) is 0 Å². The van der Waals surface area contributed by atoms with E-state index < -0.39 is 0 Å². The highest BCUT2D eigenvalue weighted by molar-refractivity contribution is 9.10. The third kappa shape index (κ3) is 3.45. The number of aromatic nitrogens is 2. The fourth-order valence-electron chi connectivity index (χ4n) is 1.79. The van der Waals surface area contributed by atoms with Crippen molar-refractivity contribution >= 4 is 33.4 Å². The van der Waals surface area contributed by atoms with E-state index in [-0.39, 0.29) is 5.82 Å². The third-order valence-electron chi connectivity index (χ3n) is 2.72. The standard InChI is InChI=1S/C14H16BrFN4/c1-4-17-14-18-9(3)6-13(20-14)19-12-7-11(16)10(15)5-8(12)2/h5-7H,4H2,1-3H3,(H2,17,18,19,20). The molecule has 1 heterocycles. The maximum absolute atomic E-state index is 13.6. The molecule has 2 N–H and O–H groups in total. The number of nitrogens with zero attached hydrogens (tertiary/aromatic N) is 2. The van der Waals surface area contributed by atoms with Crippen molar-refractivity contribution in [3.63, 3.8) is 0 Å². The van der Waals surface area contributed by atoms with E-state index >= 15 is 0 Å². The number of nitrogens with one attached hydrogen (secondary N) is 2. The molecule has 0 aliphatic heterocycles. The maximum Gasteiger partial charge on any atom is 0.224 e. The smallest absolute Gasteiger partial charge is 0.224 e. The molecule has 6 heteroatoms. The Morgan fingerprint density at radius 2 is 1.95 bits per heavy atom. The van der Waals surface area contributed by atoms with Crippen LogP contribution in [0.4, 0.5) is 21.8 Å². The first-order valence-electron chi connectivity index (χ1n) is 6.32. The Hall–Kier alpha value is -1.69. The fraction of sp³-hybridized carbons (Fsp3) is 0.286. The van der Waals surface area contributed by atoms with Crippen molar-refractivity contribution in [3.8, 4) is 0 Å². The van der Waals surface area contributed by atoms with E-state index in [0.29, 0.717) is 21.9 Å². The van der Waals surface area contributed by atoms with Crippen molar-refractivity contribution in [1.82, 2.24) is 9.97 Å². The van der Waals surface area contributed by atoms with E-state index in [2.05, 4.69) is 36.5 Å². The van der Waals surface area contributed by atoms with Crippen LogP contribution >= 0.6 is 15.9 Å². The molecule has 106 valence electrons. The summed E-state index contributed by atoms with van der Waals surface area (Å²) in [6.45, 7) is 6.52. The van der Waals surface area contributed by atoms with Gasteiger partial charge in [-0.25, -0.2) is 9.37 Å². The van der Waals surface area contributed by atoms with Gasteiger partial charge in [-0.3, -0.25) is 0 Å². The van der Waals surface area contributed by atoms with Gasteiger partial charge in [0, 0.05) is 24.0 Å². The molecule has 20 heavy (non-hydrogen) atoms. The van der Waals surface area contributed by atoms with Gasteiger partial charge in [0.2, 0.25) is 5.95 Å². The van der Waals surface area contributed by atoms with Gasteiger partial charge in [0.05, 0.1) is 4.47 Å². The van der Waals surface area contributed by atoms with Gasteiger partial charge in [-0.15, -0.1) is 0 Å². The van der Waals surface area contributed by atoms with Crippen molar-refractivity contribution in [2.45, 2.75) is 20.8 Å². The minimum Gasteiger partial charge on any atom is -0.354 e. The van der Waals surface area contributed by atoms with Crippen LogP contribution in [0, 0.1) is 19.7 Å². The van der Waals surface area contributed by atoms with Crippen LogP contribution in [-0.4, -0.2) is 16.5 Å². The summed E-state index contributed by atoms with van der Waals surface area (Å²) in [5.41, 5.74) is 2.46. The zero-order valence-electron chi connectivity index (χ0n) is 11.6. The Labute approximate surface area is 126 Å². The first-order valence-corrected chi connectivity index (χ1v) is 7.11. The van der Waals surface area contributed by atoms with Gasteiger partial charge >= 0.3 is 0 Å². The molecule has 0 fully saturated rings. The minimum atomic E-state index is -0.309. The predicted octanol–water partition coefficient (Wildman–Crippen LogP) is 4.17. The second kappa shape index (κ2) is 6.17. The highest BCUT2D eigenvalue weighted by Gasteiger charge is 2.07. The molecule has 0 atom stereocenters. The van der Waals surface area contributed by atoms with Crippen molar-refractivity contribution in [2.75, 3.05) is 17.2 Å². The number of rotatable bonds is 4. The lowest BCUT2D eigenvalue weighted by molar-refractivity contribution is 0.621. The lowest BCUT2D eigenvalue weighted by Gasteiger charge is -2.12. The Bertz CT molecular complexity index is 631. The highest BCUT2D eigenvalue weighted by Crippen LogP contribution is 2.26. The zero-order valence-corrected chi connectivity index (χ0v) is 13.2. The van der Waals surface area contributed by atoms with E-state index in [1.165, 1.54) is 6.07 Å². The SMILES string of the molecule is CCNc1nc(C)cc(Nc2cc(F)c(Br)cc2C)n1. The first-order chi connectivity index (χ1) is 9.49. The van der Waals surface area contributed by atoms with Gasteiger partial charge in [-0.2, -0.15) is 4.98 Å². The van der Waals surface area contributed by atoms with E-state index in [9.17, 15) is 4.39 Å². The Morgan fingerprint density at radius 1 is 1.20 bits per heavy atom. The van der Waals surface area contributed by atoms with Crippen LogP contribution in [0.2, 0.25) is 0 Å². The summed E-state index contributed by atoms with van der Waals surface area (Å²) in [7, 11) is 0. The predicted molar refractivity (Wildman–Crippen MR) is 83.1 cm³/mol. The summed E-state index contributed by atoms with van der Waals surface area (Å²) in [5.74, 6) is 0.888. The number of halogens is 2. The molecule has 0 saturated carbocycles. The van der Waals surface area contributed by atoms with Gasteiger partial charge in [0.1, 0.15) is 11.6 Å². The molecule has 0 bridgehead atoms. The van der Waals surface area contributed by atoms with Crippen LogP contribution < -0.4 is 10.6 Å². The molecule has 0 spiro atoms. The molecular weight excluding hydrogens is 323 g/mol. The molecule has 0 radical (unpaired) electrons. The Kier molecular flexibility index (Phi) is 4.54. The average molecular weight is 339 g/mol. The second-order valence-corrected chi connectivity index (χ2v) is 5.31. The van der Waals surface area contributed by atoms with Gasteiger partial charge in [0.15, 0.2) is 0 Å². The van der Waals surface area contributed by atoms with E-state index in [4.69, 9.17) is 0 Å². The van der Waals surface area contributed by atoms with E-state index in [1.807, 2.05) is 26.8 Å². The molecule has 0 amide bonds. The van der Waals surface area contributed by atoms with Crippen LogP contribution in [0.25, 0.3) is 0 Å². The molecule has 1 aromatic heterocycles. The molecule has 2 rings (SSSR count). The lowest BCUT2D eigenvalue weighted by Crippen LogP contribution is -2.05. The number of hydrogen-bond acceptors (Lipinski definition) is 4. The van der Waals surface area contributed by atoms with Crippen molar-refractivity contribution in [3.05, 3.63) is 39.7 Å². The molecule has 0 aliphatic carbocycles. The molecule has 0 unspecified atom stereocenters. The maximum atomic E-state index is 13.6. The summed E-state index contributed by atoms with van der Waals surface area (Å²) in [5, 5.41) is 6.19. The quantitative estimate of drug-likeness (QED) is 0.878. The molecule has 1 aromatic carbocycles. The largest absolute Gasteiger partial charge is 0.354 e. The van der Waals surface area contributed by atoms with Crippen molar-refractivity contribution < 1.29 is 4.39 Å². The molecule has 2 aromatic rings. The summed E-state index contributed by atoms with van der Waals surface area (Å²) in [6.07, 6.45) is 0. The summed E-state index contributed by atoms with van der Waals surface area (Å²) >= 11 is 3.17. The fourth-order valence-corrected chi connectivity index (χ4v) is 2.25. The van der Waals surface area contributed by atoms with Crippen LogP contribution in [0.5, 0.6) is 0 Å². The number of anilines is 3. The van der Waals surface area contributed by atoms with Crippen LogP contribution in [0.15, 0.2) is 22.7 Å². The lowest BCUT2D eigenvalue weighted by atomic mass is 10.2. The normalized spacial score (nSPS) is 10.4. The van der Waals surface area contributed by atoms with Crippen LogP contribution in [0.3, 0.4) is 0 Å². The Morgan fingerprint density at radius 3 is 2.65 bits per heavy atom. The summed E-state index contributed by atoms with van der Waals surface area (Å²) in [6, 6.07) is 5.00. The van der Waals surface area contributed by atoms with Gasteiger partial charge in [-0.1, -0.05) is 0 Å². The molecule has 0 saturated heterocycles. The number of benzene rings is 1. The van der Waals surface area contributed by atoms with Crippen molar-refractivity contribution in [2.24, 2.45) is 0 Å². The zero-order chi connectivity index (χ0) is 14.7.